The molecule has 0 aromatic carbocycles. The molecule has 5 fully saturated rings. The second-order valence-electron chi connectivity index (χ2n) is 12.6. The van der Waals surface area contributed by atoms with Gasteiger partial charge in [-0.2, -0.15) is 0 Å². The number of aliphatic hydroxyl groups is 1. The standard InChI is InChI=1S/C27H46O2/c1-17(16-28)8-11-23-18(2)25-24(29-23)15-22-20-10-9-19-7-5-6-13-26(19,3)21(20)12-14-27(22,25)4/h17-25,28H,5-16H2,1-4H3/t17-,18+,19-,20-,21+,22+,23?,24+,25+,26+,27+/m1/s1. The predicted molar refractivity (Wildman–Crippen MR) is 119 cm³/mol. The topological polar surface area (TPSA) is 29.5 Å². The van der Waals surface area contributed by atoms with E-state index in [0.29, 0.717) is 41.5 Å². The van der Waals surface area contributed by atoms with E-state index in [2.05, 4.69) is 27.7 Å². The molecule has 5 rings (SSSR count). The van der Waals surface area contributed by atoms with Gasteiger partial charge in [-0.25, -0.2) is 0 Å². The van der Waals surface area contributed by atoms with E-state index in [4.69, 9.17) is 4.74 Å². The molecule has 0 aromatic rings. The summed E-state index contributed by atoms with van der Waals surface area (Å²) in [6.07, 6.45) is 16.5. The van der Waals surface area contributed by atoms with E-state index >= 15 is 0 Å². The number of ether oxygens (including phenoxy) is 1. The Bertz CT molecular complexity index is 603. The third-order valence-corrected chi connectivity index (χ3v) is 11.4. The highest BCUT2D eigenvalue weighted by atomic mass is 16.5. The minimum Gasteiger partial charge on any atom is -0.396 e. The van der Waals surface area contributed by atoms with Crippen molar-refractivity contribution in [3.05, 3.63) is 0 Å². The van der Waals surface area contributed by atoms with Crippen LogP contribution in [0, 0.1) is 52.3 Å². The normalized spacial score (nSPS) is 54.9. The largest absolute Gasteiger partial charge is 0.396 e. The fourth-order valence-corrected chi connectivity index (χ4v) is 9.85. The number of hydrogen-bond acceptors (Lipinski definition) is 2. The van der Waals surface area contributed by atoms with E-state index in [1.54, 1.807) is 0 Å². The van der Waals surface area contributed by atoms with Gasteiger partial charge in [-0.15, -0.1) is 0 Å². The highest BCUT2D eigenvalue weighted by Gasteiger charge is 2.65. The molecule has 1 heterocycles. The molecule has 5 aliphatic rings. The van der Waals surface area contributed by atoms with E-state index < -0.39 is 0 Å². The summed E-state index contributed by atoms with van der Waals surface area (Å²) >= 11 is 0. The van der Waals surface area contributed by atoms with Gasteiger partial charge in [0.1, 0.15) is 0 Å². The van der Waals surface area contributed by atoms with Crippen molar-refractivity contribution in [2.75, 3.05) is 6.61 Å². The van der Waals surface area contributed by atoms with E-state index in [9.17, 15) is 5.11 Å². The minimum atomic E-state index is 0.316. The Hall–Kier alpha value is -0.0800. The molecule has 0 aromatic heterocycles. The lowest BCUT2D eigenvalue weighted by Crippen LogP contribution is -2.53. The number of aliphatic hydroxyl groups excluding tert-OH is 1. The van der Waals surface area contributed by atoms with Gasteiger partial charge in [0.05, 0.1) is 12.2 Å². The van der Waals surface area contributed by atoms with Crippen LogP contribution in [-0.2, 0) is 4.74 Å². The van der Waals surface area contributed by atoms with Crippen LogP contribution in [0.5, 0.6) is 0 Å². The molecular formula is C27H46O2. The number of rotatable bonds is 4. The molecule has 0 radical (unpaired) electrons. The number of hydrogen-bond donors (Lipinski definition) is 1. The van der Waals surface area contributed by atoms with Crippen LogP contribution in [0.2, 0.25) is 0 Å². The fraction of sp³-hybridized carbons (Fsp3) is 1.00. The van der Waals surface area contributed by atoms with Crippen molar-refractivity contribution in [1.29, 1.82) is 0 Å². The van der Waals surface area contributed by atoms with Gasteiger partial charge in [-0.3, -0.25) is 0 Å². The van der Waals surface area contributed by atoms with Gasteiger partial charge in [0.15, 0.2) is 0 Å². The van der Waals surface area contributed by atoms with Crippen molar-refractivity contribution in [1.82, 2.24) is 0 Å². The molecular weight excluding hydrogens is 356 g/mol. The summed E-state index contributed by atoms with van der Waals surface area (Å²) in [5, 5.41) is 9.40. The lowest BCUT2D eigenvalue weighted by atomic mass is 9.44. The first-order valence-electron chi connectivity index (χ1n) is 13.1. The second kappa shape index (κ2) is 7.51. The van der Waals surface area contributed by atoms with Crippen molar-refractivity contribution in [3.63, 3.8) is 0 Å². The van der Waals surface area contributed by atoms with Crippen LogP contribution in [0.4, 0.5) is 0 Å². The molecule has 1 N–H and O–H groups in total. The zero-order valence-electron chi connectivity index (χ0n) is 19.5. The first-order valence-corrected chi connectivity index (χ1v) is 13.1. The van der Waals surface area contributed by atoms with Gasteiger partial charge in [0, 0.05) is 6.61 Å². The maximum atomic E-state index is 9.40. The molecule has 1 unspecified atom stereocenters. The molecule has 0 amide bonds. The fourth-order valence-electron chi connectivity index (χ4n) is 9.85. The SMILES string of the molecule is C[C@@H](CO)CCC1O[C@H]2C[C@H]3[C@@H]4CC[C@H]5CCCC[C@]5(C)[C@H]4CC[C@]3(C)[C@H]2[C@H]1C. The summed E-state index contributed by atoms with van der Waals surface area (Å²) < 4.78 is 6.78. The van der Waals surface area contributed by atoms with E-state index in [-0.39, 0.29) is 0 Å². The first-order chi connectivity index (χ1) is 13.9. The third kappa shape index (κ3) is 3.09. The molecule has 166 valence electrons. The Balaban J connectivity index is 1.33. The maximum Gasteiger partial charge on any atom is 0.0618 e. The molecule has 1 saturated heterocycles. The molecule has 4 aliphatic carbocycles. The summed E-state index contributed by atoms with van der Waals surface area (Å²) in [7, 11) is 0. The summed E-state index contributed by atoms with van der Waals surface area (Å²) in [5.41, 5.74) is 1.16. The van der Waals surface area contributed by atoms with E-state index in [0.717, 1.165) is 42.4 Å². The Morgan fingerprint density at radius 1 is 1.00 bits per heavy atom. The Labute approximate surface area is 179 Å². The van der Waals surface area contributed by atoms with E-state index in [1.807, 2.05) is 0 Å². The smallest absolute Gasteiger partial charge is 0.0618 e. The van der Waals surface area contributed by atoms with Crippen LogP contribution >= 0.6 is 0 Å². The van der Waals surface area contributed by atoms with Crippen molar-refractivity contribution in [2.24, 2.45) is 52.3 Å². The quantitative estimate of drug-likeness (QED) is 0.585. The van der Waals surface area contributed by atoms with Gasteiger partial charge < -0.3 is 9.84 Å². The van der Waals surface area contributed by atoms with Crippen LogP contribution in [0.25, 0.3) is 0 Å². The van der Waals surface area contributed by atoms with Gasteiger partial charge in [0.2, 0.25) is 0 Å². The minimum absolute atomic E-state index is 0.316. The maximum absolute atomic E-state index is 9.40. The van der Waals surface area contributed by atoms with E-state index in [1.165, 1.54) is 57.8 Å². The second-order valence-corrected chi connectivity index (χ2v) is 12.6. The monoisotopic (exact) mass is 402 g/mol. The molecule has 2 nitrogen and oxygen atoms in total. The summed E-state index contributed by atoms with van der Waals surface area (Å²) in [4.78, 5) is 0. The third-order valence-electron chi connectivity index (χ3n) is 11.4. The van der Waals surface area contributed by atoms with Gasteiger partial charge in [-0.1, -0.05) is 40.5 Å². The molecule has 29 heavy (non-hydrogen) atoms. The van der Waals surface area contributed by atoms with Gasteiger partial charge in [0.25, 0.3) is 0 Å². The first kappa shape index (κ1) is 20.8. The van der Waals surface area contributed by atoms with Crippen molar-refractivity contribution < 1.29 is 9.84 Å². The molecule has 1 aliphatic heterocycles. The zero-order valence-corrected chi connectivity index (χ0v) is 19.5. The molecule has 0 bridgehead atoms. The summed E-state index contributed by atoms with van der Waals surface area (Å²) in [6.45, 7) is 10.4. The summed E-state index contributed by atoms with van der Waals surface area (Å²) in [5.74, 6) is 5.79. The molecule has 2 heteroatoms. The highest BCUT2D eigenvalue weighted by molar-refractivity contribution is 5.13. The Morgan fingerprint density at radius 3 is 2.62 bits per heavy atom. The lowest BCUT2D eigenvalue weighted by Gasteiger charge is -2.60. The average molecular weight is 403 g/mol. The van der Waals surface area contributed by atoms with Crippen LogP contribution in [0.1, 0.15) is 98.3 Å². The van der Waals surface area contributed by atoms with Crippen molar-refractivity contribution >= 4 is 0 Å². The van der Waals surface area contributed by atoms with Crippen molar-refractivity contribution in [3.8, 4) is 0 Å². The van der Waals surface area contributed by atoms with Gasteiger partial charge in [-0.05, 0) is 110 Å². The molecule has 0 spiro atoms. The van der Waals surface area contributed by atoms with Crippen molar-refractivity contribution in [2.45, 2.75) is 111 Å². The predicted octanol–water partition coefficient (Wildman–Crippen LogP) is 6.46. The summed E-state index contributed by atoms with van der Waals surface area (Å²) in [6, 6.07) is 0. The number of fused-ring (bicyclic) bond motifs is 7. The van der Waals surface area contributed by atoms with Gasteiger partial charge >= 0.3 is 0 Å². The highest BCUT2D eigenvalue weighted by Crippen LogP contribution is 2.70. The Kier molecular flexibility index (Phi) is 5.38. The molecule has 4 saturated carbocycles. The van der Waals surface area contributed by atoms with Crippen LogP contribution in [0.15, 0.2) is 0 Å². The molecule has 11 atom stereocenters. The zero-order chi connectivity index (χ0) is 20.4. The van der Waals surface area contributed by atoms with Crippen LogP contribution in [-0.4, -0.2) is 23.9 Å². The van der Waals surface area contributed by atoms with Crippen LogP contribution in [0.3, 0.4) is 0 Å². The Morgan fingerprint density at radius 2 is 1.83 bits per heavy atom. The average Bonchev–Trinajstić information content (AvgIpc) is 3.19. The van der Waals surface area contributed by atoms with Crippen LogP contribution < -0.4 is 0 Å². The lowest BCUT2D eigenvalue weighted by molar-refractivity contribution is -0.115.